The van der Waals surface area contributed by atoms with Crippen LogP contribution in [0.4, 0.5) is 10.1 Å². The molecular formula is C25H19Cl2FN2O2S. The van der Waals surface area contributed by atoms with Gasteiger partial charge in [-0.25, -0.2) is 9.38 Å². The Balaban J connectivity index is 1.46. The Hall–Kier alpha value is -2.80. The predicted molar refractivity (Wildman–Crippen MR) is 134 cm³/mol. The third-order valence-electron chi connectivity index (χ3n) is 4.82. The number of carbonyl (C=O) groups is 1. The van der Waals surface area contributed by atoms with E-state index >= 15 is 0 Å². The number of aliphatic imine (C=N–C) groups is 1. The Morgan fingerprint density at radius 1 is 1.03 bits per heavy atom. The fourth-order valence-corrected chi connectivity index (χ4v) is 4.49. The van der Waals surface area contributed by atoms with Crippen LogP contribution in [0.2, 0.25) is 10.0 Å². The van der Waals surface area contributed by atoms with Crippen molar-refractivity contribution in [2.75, 3.05) is 6.54 Å². The smallest absolute Gasteiger partial charge is 0.266 e. The first-order valence-electron chi connectivity index (χ1n) is 10.2. The van der Waals surface area contributed by atoms with Crippen LogP contribution in [-0.4, -0.2) is 22.5 Å². The summed E-state index contributed by atoms with van der Waals surface area (Å²) in [6.45, 7) is 2.74. The number of ether oxygens (including phenoxy) is 1. The molecule has 4 nitrogen and oxygen atoms in total. The third-order valence-corrected chi connectivity index (χ3v) is 6.57. The molecule has 0 aromatic heterocycles. The molecule has 1 fully saturated rings. The van der Waals surface area contributed by atoms with Crippen molar-refractivity contribution in [2.45, 2.75) is 13.5 Å². The molecule has 1 heterocycles. The number of nitrogens with zero attached hydrogens (tertiary/aromatic N) is 2. The molecule has 1 aliphatic heterocycles. The summed E-state index contributed by atoms with van der Waals surface area (Å²) in [6.07, 6.45) is 1.82. The molecule has 168 valence electrons. The van der Waals surface area contributed by atoms with Gasteiger partial charge in [-0.3, -0.25) is 9.69 Å². The highest BCUT2D eigenvalue weighted by molar-refractivity contribution is 8.18. The minimum atomic E-state index is -0.327. The van der Waals surface area contributed by atoms with Gasteiger partial charge in [0.1, 0.15) is 18.2 Å². The van der Waals surface area contributed by atoms with E-state index in [-0.39, 0.29) is 11.7 Å². The van der Waals surface area contributed by atoms with Gasteiger partial charge in [0.05, 0.1) is 20.6 Å². The van der Waals surface area contributed by atoms with Gasteiger partial charge < -0.3 is 4.74 Å². The van der Waals surface area contributed by atoms with Gasteiger partial charge in [-0.1, -0.05) is 41.4 Å². The largest absolute Gasteiger partial charge is 0.489 e. The Morgan fingerprint density at radius 3 is 2.42 bits per heavy atom. The molecule has 0 saturated carbocycles. The van der Waals surface area contributed by atoms with Crippen molar-refractivity contribution >= 4 is 57.8 Å². The molecule has 0 aliphatic carbocycles. The average Bonchev–Trinajstić information content (AvgIpc) is 3.10. The molecule has 8 heteroatoms. The van der Waals surface area contributed by atoms with Crippen LogP contribution in [0.5, 0.6) is 5.75 Å². The van der Waals surface area contributed by atoms with Crippen molar-refractivity contribution < 1.29 is 13.9 Å². The Bertz CT molecular complexity index is 1230. The lowest BCUT2D eigenvalue weighted by atomic mass is 10.2. The van der Waals surface area contributed by atoms with Crippen LogP contribution in [0.3, 0.4) is 0 Å². The molecule has 0 radical (unpaired) electrons. The lowest BCUT2D eigenvalue weighted by molar-refractivity contribution is -0.122. The molecule has 3 aromatic carbocycles. The Labute approximate surface area is 205 Å². The van der Waals surface area contributed by atoms with Crippen LogP contribution in [0.25, 0.3) is 6.08 Å². The molecule has 0 spiro atoms. The van der Waals surface area contributed by atoms with E-state index in [9.17, 15) is 9.18 Å². The van der Waals surface area contributed by atoms with Crippen molar-refractivity contribution in [3.63, 3.8) is 0 Å². The SMILES string of the molecule is CCN1C(=O)/C(=C\c2ccc(OCc3ccc(Cl)c(Cl)c3)cc2)SC1=Nc1ccc(F)cc1. The molecule has 1 saturated heterocycles. The first-order chi connectivity index (χ1) is 15.9. The van der Waals surface area contributed by atoms with Crippen LogP contribution in [0.15, 0.2) is 76.6 Å². The summed E-state index contributed by atoms with van der Waals surface area (Å²) < 4.78 is 19.0. The van der Waals surface area contributed by atoms with Crippen molar-refractivity contribution in [1.82, 2.24) is 4.90 Å². The highest BCUT2D eigenvalue weighted by atomic mass is 35.5. The van der Waals surface area contributed by atoms with Gasteiger partial charge in [-0.2, -0.15) is 0 Å². The van der Waals surface area contributed by atoms with E-state index in [1.807, 2.05) is 43.3 Å². The number of amidine groups is 1. The van der Waals surface area contributed by atoms with E-state index in [4.69, 9.17) is 27.9 Å². The summed E-state index contributed by atoms with van der Waals surface area (Å²) >= 11 is 13.3. The van der Waals surface area contributed by atoms with Crippen LogP contribution >= 0.6 is 35.0 Å². The van der Waals surface area contributed by atoms with E-state index in [2.05, 4.69) is 4.99 Å². The predicted octanol–water partition coefficient (Wildman–Crippen LogP) is 7.34. The molecule has 1 amide bonds. The lowest BCUT2D eigenvalue weighted by Crippen LogP contribution is -2.28. The number of rotatable bonds is 6. The molecular weight excluding hydrogens is 482 g/mol. The standard InChI is InChI=1S/C25H19Cl2FN2O2S/c1-2-30-24(31)23(33-25(30)29-19-8-6-18(28)7-9-19)14-16-3-10-20(11-4-16)32-15-17-5-12-21(26)22(27)13-17/h3-14H,2,15H2,1H3/b23-14+,29-25?. The number of benzene rings is 3. The van der Waals surface area contributed by atoms with Gasteiger partial charge >= 0.3 is 0 Å². The maximum Gasteiger partial charge on any atom is 0.266 e. The maximum absolute atomic E-state index is 13.2. The van der Waals surface area contributed by atoms with E-state index in [0.29, 0.717) is 44.7 Å². The van der Waals surface area contributed by atoms with Gasteiger partial charge in [0.2, 0.25) is 0 Å². The van der Waals surface area contributed by atoms with Crippen LogP contribution in [0.1, 0.15) is 18.1 Å². The molecule has 0 bridgehead atoms. The molecule has 0 atom stereocenters. The summed E-state index contributed by atoms with van der Waals surface area (Å²) in [6, 6.07) is 18.7. The number of carbonyl (C=O) groups excluding carboxylic acids is 1. The number of halogens is 3. The summed E-state index contributed by atoms with van der Waals surface area (Å²) in [4.78, 5) is 19.5. The highest BCUT2D eigenvalue weighted by Crippen LogP contribution is 2.34. The summed E-state index contributed by atoms with van der Waals surface area (Å²) in [5.41, 5.74) is 2.37. The van der Waals surface area contributed by atoms with E-state index in [1.54, 1.807) is 29.2 Å². The normalized spacial score (nSPS) is 16.1. The van der Waals surface area contributed by atoms with Crippen molar-refractivity contribution in [3.8, 4) is 5.75 Å². The third kappa shape index (κ3) is 5.77. The molecule has 0 N–H and O–H groups in total. The summed E-state index contributed by atoms with van der Waals surface area (Å²) in [5, 5.41) is 1.56. The van der Waals surface area contributed by atoms with Gasteiger partial charge in [0.15, 0.2) is 5.17 Å². The Morgan fingerprint density at radius 2 is 1.76 bits per heavy atom. The molecule has 4 rings (SSSR count). The van der Waals surface area contributed by atoms with Crippen LogP contribution < -0.4 is 4.74 Å². The second-order valence-corrected chi connectivity index (χ2v) is 8.96. The zero-order chi connectivity index (χ0) is 23.4. The Kier molecular flexibility index (Phi) is 7.38. The lowest BCUT2D eigenvalue weighted by Gasteiger charge is -2.11. The minimum absolute atomic E-state index is 0.108. The topological polar surface area (TPSA) is 41.9 Å². The van der Waals surface area contributed by atoms with Crippen LogP contribution in [-0.2, 0) is 11.4 Å². The van der Waals surface area contributed by atoms with E-state index in [0.717, 1.165) is 11.1 Å². The van der Waals surface area contributed by atoms with Crippen LogP contribution in [0, 0.1) is 5.82 Å². The van der Waals surface area contributed by atoms with Crippen molar-refractivity contribution in [2.24, 2.45) is 4.99 Å². The van der Waals surface area contributed by atoms with Gasteiger partial charge in [-0.15, -0.1) is 0 Å². The second kappa shape index (κ2) is 10.4. The number of hydrogen-bond acceptors (Lipinski definition) is 4. The number of amides is 1. The number of likely N-dealkylation sites (N-methyl/N-ethyl adjacent to an activating group) is 1. The van der Waals surface area contributed by atoms with Crippen molar-refractivity contribution in [3.05, 3.63) is 98.6 Å². The maximum atomic E-state index is 13.2. The van der Waals surface area contributed by atoms with E-state index in [1.165, 1.54) is 23.9 Å². The zero-order valence-corrected chi connectivity index (χ0v) is 19.9. The zero-order valence-electron chi connectivity index (χ0n) is 17.6. The second-order valence-electron chi connectivity index (χ2n) is 7.14. The fraction of sp³-hybridized carbons (Fsp3) is 0.120. The fourth-order valence-electron chi connectivity index (χ4n) is 3.10. The van der Waals surface area contributed by atoms with Gasteiger partial charge in [0.25, 0.3) is 5.91 Å². The molecule has 3 aromatic rings. The van der Waals surface area contributed by atoms with Gasteiger partial charge in [0, 0.05) is 6.54 Å². The summed E-state index contributed by atoms with van der Waals surface area (Å²) in [7, 11) is 0. The summed E-state index contributed by atoms with van der Waals surface area (Å²) in [5.74, 6) is 0.261. The molecule has 1 aliphatic rings. The number of thioether (sulfide) groups is 1. The highest BCUT2D eigenvalue weighted by Gasteiger charge is 2.32. The molecule has 33 heavy (non-hydrogen) atoms. The monoisotopic (exact) mass is 500 g/mol. The van der Waals surface area contributed by atoms with E-state index < -0.39 is 0 Å². The average molecular weight is 501 g/mol. The first-order valence-corrected chi connectivity index (χ1v) is 11.7. The van der Waals surface area contributed by atoms with Crippen molar-refractivity contribution in [1.29, 1.82) is 0 Å². The number of hydrogen-bond donors (Lipinski definition) is 0. The molecule has 0 unspecified atom stereocenters. The quantitative estimate of drug-likeness (QED) is 0.332. The van der Waals surface area contributed by atoms with Gasteiger partial charge in [-0.05, 0) is 84.4 Å². The minimum Gasteiger partial charge on any atom is -0.489 e. The first kappa shape index (κ1) is 23.4.